The summed E-state index contributed by atoms with van der Waals surface area (Å²) in [5.41, 5.74) is 9.34. The fourth-order valence-electron chi connectivity index (χ4n) is 2.55. The Balaban J connectivity index is 2.08. The topological polar surface area (TPSA) is 46.3 Å². The van der Waals surface area contributed by atoms with E-state index in [1.807, 2.05) is 4.90 Å². The van der Waals surface area contributed by atoms with Crippen molar-refractivity contribution in [2.75, 3.05) is 13.1 Å². The summed E-state index contributed by atoms with van der Waals surface area (Å²) in [6.07, 6.45) is 0.612. The van der Waals surface area contributed by atoms with E-state index in [0.29, 0.717) is 18.9 Å². The number of carbonyl (C=O) groups is 1. The van der Waals surface area contributed by atoms with E-state index in [9.17, 15) is 4.79 Å². The fraction of sp³-hybridized carbons (Fsp3) is 0.500. The maximum atomic E-state index is 11.8. The molecule has 0 aromatic heterocycles. The van der Waals surface area contributed by atoms with Crippen LogP contribution in [0.15, 0.2) is 18.2 Å². The first-order valence-electron chi connectivity index (χ1n) is 6.13. The van der Waals surface area contributed by atoms with Crippen LogP contribution in [0.4, 0.5) is 0 Å². The van der Waals surface area contributed by atoms with Crippen molar-refractivity contribution in [2.24, 2.45) is 11.7 Å². The van der Waals surface area contributed by atoms with Crippen molar-refractivity contribution in [3.8, 4) is 0 Å². The van der Waals surface area contributed by atoms with Crippen LogP contribution in [0, 0.1) is 19.8 Å². The second-order valence-corrected chi connectivity index (χ2v) is 5.08. The highest BCUT2D eigenvalue weighted by atomic mass is 16.2. The van der Waals surface area contributed by atoms with Gasteiger partial charge in [0.25, 0.3) is 0 Å². The highest BCUT2D eigenvalue weighted by Crippen LogP contribution is 2.20. The average Bonchev–Trinajstić information content (AvgIpc) is 2.58. The highest BCUT2D eigenvalue weighted by molar-refractivity contribution is 5.78. The molecule has 17 heavy (non-hydrogen) atoms. The molecule has 1 aliphatic heterocycles. The first-order chi connectivity index (χ1) is 8.08. The second kappa shape index (κ2) is 4.88. The van der Waals surface area contributed by atoms with Gasteiger partial charge in [-0.15, -0.1) is 0 Å². The zero-order chi connectivity index (χ0) is 12.4. The number of aryl methyl sites for hydroxylation is 2. The van der Waals surface area contributed by atoms with Gasteiger partial charge in [-0.1, -0.05) is 29.3 Å². The maximum Gasteiger partial charge on any atom is 0.223 e. The average molecular weight is 232 g/mol. The molecule has 1 aromatic carbocycles. The van der Waals surface area contributed by atoms with Crippen molar-refractivity contribution in [1.29, 1.82) is 0 Å². The molecule has 0 saturated carbocycles. The Hall–Kier alpha value is -1.35. The maximum absolute atomic E-state index is 11.8. The quantitative estimate of drug-likeness (QED) is 0.860. The van der Waals surface area contributed by atoms with Crippen LogP contribution in [0.2, 0.25) is 0 Å². The summed E-state index contributed by atoms with van der Waals surface area (Å²) in [5.74, 6) is 0.577. The van der Waals surface area contributed by atoms with E-state index >= 15 is 0 Å². The number of rotatable bonds is 3. The largest absolute Gasteiger partial charge is 0.338 e. The van der Waals surface area contributed by atoms with Crippen LogP contribution in [0.25, 0.3) is 0 Å². The van der Waals surface area contributed by atoms with E-state index in [4.69, 9.17) is 5.73 Å². The van der Waals surface area contributed by atoms with Gasteiger partial charge in [-0.05, 0) is 31.9 Å². The predicted octanol–water partition coefficient (Wildman–Crippen LogP) is 1.61. The smallest absolute Gasteiger partial charge is 0.223 e. The minimum absolute atomic E-state index is 0.236. The van der Waals surface area contributed by atoms with Crippen molar-refractivity contribution < 1.29 is 4.79 Å². The molecular weight excluding hydrogens is 212 g/mol. The van der Waals surface area contributed by atoms with Gasteiger partial charge < -0.3 is 10.6 Å². The number of amides is 1. The number of likely N-dealkylation sites (tertiary alicyclic amines) is 1. The number of hydrogen-bond donors (Lipinski definition) is 1. The monoisotopic (exact) mass is 232 g/mol. The van der Waals surface area contributed by atoms with Crippen molar-refractivity contribution in [3.63, 3.8) is 0 Å². The van der Waals surface area contributed by atoms with Gasteiger partial charge >= 0.3 is 0 Å². The van der Waals surface area contributed by atoms with Gasteiger partial charge in [-0.2, -0.15) is 0 Å². The summed E-state index contributed by atoms with van der Waals surface area (Å²) in [6.45, 7) is 6.31. The molecule has 1 aromatic rings. The number of benzene rings is 1. The molecule has 1 aliphatic rings. The Morgan fingerprint density at radius 3 is 2.47 bits per heavy atom. The molecule has 1 fully saturated rings. The summed E-state index contributed by atoms with van der Waals surface area (Å²) in [5, 5.41) is 0. The lowest BCUT2D eigenvalue weighted by molar-refractivity contribution is -0.128. The molecule has 0 spiro atoms. The van der Waals surface area contributed by atoms with E-state index in [-0.39, 0.29) is 5.91 Å². The summed E-state index contributed by atoms with van der Waals surface area (Å²) < 4.78 is 0. The van der Waals surface area contributed by atoms with E-state index in [0.717, 1.165) is 13.1 Å². The van der Waals surface area contributed by atoms with E-state index in [1.54, 1.807) is 0 Å². The molecule has 1 amide bonds. The lowest BCUT2D eigenvalue weighted by Gasteiger charge is -2.17. The summed E-state index contributed by atoms with van der Waals surface area (Å²) in [4.78, 5) is 13.7. The Morgan fingerprint density at radius 2 is 1.94 bits per heavy atom. The molecule has 1 heterocycles. The molecule has 2 rings (SSSR count). The summed E-state index contributed by atoms with van der Waals surface area (Å²) in [6, 6.07) is 6.45. The number of hydrogen-bond acceptors (Lipinski definition) is 2. The van der Waals surface area contributed by atoms with Crippen LogP contribution < -0.4 is 5.73 Å². The summed E-state index contributed by atoms with van der Waals surface area (Å²) >= 11 is 0. The number of nitrogens with two attached hydrogens (primary N) is 1. The molecule has 0 radical (unpaired) electrons. The predicted molar refractivity (Wildman–Crippen MR) is 68.5 cm³/mol. The van der Waals surface area contributed by atoms with Crippen molar-refractivity contribution in [2.45, 2.75) is 26.8 Å². The van der Waals surface area contributed by atoms with Gasteiger partial charge in [0.15, 0.2) is 0 Å². The summed E-state index contributed by atoms with van der Waals surface area (Å²) in [7, 11) is 0. The van der Waals surface area contributed by atoms with E-state index in [1.165, 1.54) is 16.7 Å². The molecule has 3 heteroatoms. The molecule has 0 aliphatic carbocycles. The Morgan fingerprint density at radius 1 is 1.29 bits per heavy atom. The lowest BCUT2D eigenvalue weighted by Crippen LogP contribution is -2.25. The zero-order valence-electron chi connectivity index (χ0n) is 10.6. The highest BCUT2D eigenvalue weighted by Gasteiger charge is 2.28. The minimum Gasteiger partial charge on any atom is -0.338 e. The minimum atomic E-state index is 0.236. The number of nitrogens with zero attached hydrogens (tertiary/aromatic N) is 1. The Labute approximate surface area is 103 Å². The van der Waals surface area contributed by atoms with Crippen LogP contribution in [0.5, 0.6) is 0 Å². The van der Waals surface area contributed by atoms with E-state index < -0.39 is 0 Å². The van der Waals surface area contributed by atoms with Crippen LogP contribution >= 0.6 is 0 Å². The second-order valence-electron chi connectivity index (χ2n) is 5.08. The standard InChI is InChI=1S/C14H20N2O/c1-10-3-11(2)5-12(4-10)8-16-9-13(7-15)6-14(16)17/h3-5,13H,6-9,15H2,1-2H3. The van der Waals surface area contributed by atoms with Crippen LogP contribution in [-0.2, 0) is 11.3 Å². The van der Waals surface area contributed by atoms with Crippen LogP contribution in [0.3, 0.4) is 0 Å². The SMILES string of the molecule is Cc1cc(C)cc(CN2CC(CN)CC2=O)c1. The van der Waals surface area contributed by atoms with Crippen LogP contribution in [0.1, 0.15) is 23.1 Å². The number of carbonyl (C=O) groups excluding carboxylic acids is 1. The lowest BCUT2D eigenvalue weighted by atomic mass is 10.1. The molecule has 1 saturated heterocycles. The Bertz CT molecular complexity index is 408. The fourth-order valence-corrected chi connectivity index (χ4v) is 2.55. The van der Waals surface area contributed by atoms with Crippen molar-refractivity contribution in [3.05, 3.63) is 34.9 Å². The third-order valence-electron chi connectivity index (χ3n) is 3.28. The van der Waals surface area contributed by atoms with Crippen molar-refractivity contribution >= 4 is 5.91 Å². The van der Waals surface area contributed by atoms with Gasteiger partial charge in [-0.3, -0.25) is 4.79 Å². The molecular formula is C14H20N2O. The molecule has 92 valence electrons. The van der Waals surface area contributed by atoms with Gasteiger partial charge in [0.1, 0.15) is 0 Å². The van der Waals surface area contributed by atoms with Gasteiger partial charge in [0.05, 0.1) is 0 Å². The first kappa shape index (κ1) is 12.1. The van der Waals surface area contributed by atoms with Crippen molar-refractivity contribution in [1.82, 2.24) is 4.90 Å². The molecule has 3 nitrogen and oxygen atoms in total. The first-order valence-corrected chi connectivity index (χ1v) is 6.13. The van der Waals surface area contributed by atoms with Gasteiger partial charge in [0.2, 0.25) is 5.91 Å². The van der Waals surface area contributed by atoms with E-state index in [2.05, 4.69) is 32.0 Å². The third kappa shape index (κ3) is 2.86. The zero-order valence-corrected chi connectivity index (χ0v) is 10.6. The third-order valence-corrected chi connectivity index (χ3v) is 3.28. The Kier molecular flexibility index (Phi) is 3.48. The van der Waals surface area contributed by atoms with Gasteiger partial charge in [0, 0.05) is 19.5 Å². The normalized spacial score (nSPS) is 20.1. The molecule has 2 N–H and O–H groups in total. The molecule has 1 unspecified atom stereocenters. The molecule has 0 bridgehead atoms. The van der Waals surface area contributed by atoms with Crippen LogP contribution in [-0.4, -0.2) is 23.9 Å². The van der Waals surface area contributed by atoms with Gasteiger partial charge in [-0.25, -0.2) is 0 Å². The molecule has 1 atom stereocenters.